The van der Waals surface area contributed by atoms with Crippen LogP contribution in [0.15, 0.2) is 24.5 Å². The second kappa shape index (κ2) is 6.23. The van der Waals surface area contributed by atoms with Crippen molar-refractivity contribution in [1.29, 1.82) is 0 Å². The largest absolute Gasteiger partial charge is 0.479 e. The molecular formula is C13H18N4O3. The van der Waals surface area contributed by atoms with E-state index in [1.807, 2.05) is 6.08 Å². The Hall–Kier alpha value is -2.31. The lowest BCUT2D eigenvalue weighted by molar-refractivity contribution is -0.139. The zero-order valence-electron chi connectivity index (χ0n) is 11.2. The number of urea groups is 1. The second-order valence-electron chi connectivity index (χ2n) is 4.82. The van der Waals surface area contributed by atoms with E-state index in [1.165, 1.54) is 10.9 Å². The fraction of sp³-hybridized carbons (Fsp3) is 0.462. The first-order valence-electron chi connectivity index (χ1n) is 6.49. The molecule has 2 rings (SSSR count). The monoisotopic (exact) mass is 278 g/mol. The zero-order valence-corrected chi connectivity index (χ0v) is 11.2. The van der Waals surface area contributed by atoms with Gasteiger partial charge in [-0.2, -0.15) is 5.10 Å². The molecule has 1 aliphatic rings. The molecule has 0 radical (unpaired) electrons. The Labute approximate surface area is 116 Å². The molecule has 20 heavy (non-hydrogen) atoms. The third-order valence-electron chi connectivity index (χ3n) is 3.18. The molecule has 0 spiro atoms. The predicted octanol–water partition coefficient (Wildman–Crippen LogP) is 0.954. The third kappa shape index (κ3) is 3.59. The number of amides is 2. The molecule has 0 saturated heterocycles. The number of rotatable bonds is 4. The van der Waals surface area contributed by atoms with Gasteiger partial charge in [-0.25, -0.2) is 9.59 Å². The molecule has 0 aromatic carbocycles. The Morgan fingerprint density at radius 3 is 2.85 bits per heavy atom. The van der Waals surface area contributed by atoms with Gasteiger partial charge in [-0.1, -0.05) is 12.2 Å². The molecule has 1 heterocycles. The molecule has 2 unspecified atom stereocenters. The molecule has 108 valence electrons. The smallest absolute Gasteiger partial charge is 0.331 e. The lowest BCUT2D eigenvalue weighted by Gasteiger charge is -2.21. The Morgan fingerprint density at radius 1 is 1.50 bits per heavy atom. The van der Waals surface area contributed by atoms with E-state index in [9.17, 15) is 14.7 Å². The average molecular weight is 278 g/mol. The van der Waals surface area contributed by atoms with Crippen molar-refractivity contribution in [2.24, 2.45) is 7.05 Å². The highest BCUT2D eigenvalue weighted by Crippen LogP contribution is 2.13. The van der Waals surface area contributed by atoms with Crippen LogP contribution >= 0.6 is 0 Å². The van der Waals surface area contributed by atoms with Crippen molar-refractivity contribution in [2.45, 2.75) is 31.3 Å². The third-order valence-corrected chi connectivity index (χ3v) is 3.18. The number of carbonyl (C=O) groups excluding carboxylic acids is 1. The first-order valence-corrected chi connectivity index (χ1v) is 6.49. The van der Waals surface area contributed by atoms with Gasteiger partial charge in [0.2, 0.25) is 0 Å². The van der Waals surface area contributed by atoms with Crippen molar-refractivity contribution in [2.75, 3.05) is 0 Å². The van der Waals surface area contributed by atoms with Crippen molar-refractivity contribution in [3.63, 3.8) is 0 Å². The van der Waals surface area contributed by atoms with Gasteiger partial charge < -0.3 is 15.7 Å². The Bertz CT molecular complexity index is 523. The van der Waals surface area contributed by atoms with Crippen LogP contribution in [-0.2, 0) is 11.8 Å². The number of carbonyl (C=O) groups is 2. The standard InChI is InChI=1S/C13H18N4O3/c1-17-8-9(7-14-17)11(12(18)19)16-13(20)15-10-5-3-2-4-6-10/h2-3,7-8,10-11H,4-6H2,1H3,(H,18,19)(H2,15,16,20). The molecule has 2 atom stereocenters. The highest BCUT2D eigenvalue weighted by atomic mass is 16.4. The van der Waals surface area contributed by atoms with Gasteiger partial charge in [0.1, 0.15) is 0 Å². The number of nitrogens with zero attached hydrogens (tertiary/aromatic N) is 2. The maximum atomic E-state index is 11.9. The van der Waals surface area contributed by atoms with Crippen LogP contribution < -0.4 is 10.6 Å². The summed E-state index contributed by atoms with van der Waals surface area (Å²) in [5.41, 5.74) is 0.443. The molecule has 0 aliphatic heterocycles. The molecule has 0 saturated carbocycles. The van der Waals surface area contributed by atoms with Gasteiger partial charge in [-0.05, 0) is 19.3 Å². The summed E-state index contributed by atoms with van der Waals surface area (Å²) in [6.45, 7) is 0. The van der Waals surface area contributed by atoms with Gasteiger partial charge >= 0.3 is 12.0 Å². The minimum atomic E-state index is -1.11. The quantitative estimate of drug-likeness (QED) is 0.714. The van der Waals surface area contributed by atoms with E-state index in [0.717, 1.165) is 19.3 Å². The molecule has 0 fully saturated rings. The van der Waals surface area contributed by atoms with E-state index < -0.39 is 18.0 Å². The van der Waals surface area contributed by atoms with Gasteiger partial charge in [0.05, 0.1) is 6.20 Å². The van der Waals surface area contributed by atoms with Crippen molar-refractivity contribution in [1.82, 2.24) is 20.4 Å². The molecule has 7 nitrogen and oxygen atoms in total. The number of carboxylic acids is 1. The lowest BCUT2D eigenvalue weighted by atomic mass is 10.0. The number of carboxylic acid groups (broad SMARTS) is 1. The topological polar surface area (TPSA) is 96.2 Å². The van der Waals surface area contributed by atoms with Crippen molar-refractivity contribution in [3.8, 4) is 0 Å². The molecule has 1 aromatic heterocycles. The number of nitrogens with one attached hydrogen (secondary N) is 2. The number of aryl methyl sites for hydroxylation is 1. The van der Waals surface area contributed by atoms with Crippen LogP contribution in [-0.4, -0.2) is 32.9 Å². The zero-order chi connectivity index (χ0) is 14.5. The van der Waals surface area contributed by atoms with E-state index in [4.69, 9.17) is 0 Å². The van der Waals surface area contributed by atoms with Gasteiger partial charge in [0.25, 0.3) is 0 Å². The van der Waals surface area contributed by atoms with Crippen LogP contribution in [0.1, 0.15) is 30.9 Å². The summed E-state index contributed by atoms with van der Waals surface area (Å²) in [6.07, 6.45) is 9.67. The summed E-state index contributed by atoms with van der Waals surface area (Å²) in [6, 6.07) is -1.51. The summed E-state index contributed by atoms with van der Waals surface area (Å²) < 4.78 is 1.50. The van der Waals surface area contributed by atoms with Crippen LogP contribution in [0.4, 0.5) is 4.79 Å². The molecule has 1 aliphatic carbocycles. The summed E-state index contributed by atoms with van der Waals surface area (Å²) in [7, 11) is 1.69. The highest BCUT2D eigenvalue weighted by molar-refractivity contribution is 5.83. The first-order chi connectivity index (χ1) is 9.56. The highest BCUT2D eigenvalue weighted by Gasteiger charge is 2.24. The van der Waals surface area contributed by atoms with Crippen molar-refractivity contribution < 1.29 is 14.7 Å². The maximum absolute atomic E-state index is 11.9. The fourth-order valence-electron chi connectivity index (χ4n) is 2.16. The number of hydrogen-bond acceptors (Lipinski definition) is 3. The summed E-state index contributed by atoms with van der Waals surface area (Å²) in [4.78, 5) is 23.1. The molecule has 7 heteroatoms. The number of hydrogen-bond donors (Lipinski definition) is 3. The summed E-state index contributed by atoms with van der Waals surface area (Å²) in [5.74, 6) is -1.11. The van der Waals surface area contributed by atoms with Crippen LogP contribution in [0, 0.1) is 0 Å². The lowest BCUT2D eigenvalue weighted by Crippen LogP contribution is -2.45. The van der Waals surface area contributed by atoms with E-state index in [0.29, 0.717) is 5.56 Å². The Balaban J connectivity index is 1.96. The Morgan fingerprint density at radius 2 is 2.30 bits per heavy atom. The van der Waals surface area contributed by atoms with Crippen molar-refractivity contribution >= 4 is 12.0 Å². The molecule has 0 bridgehead atoms. The van der Waals surface area contributed by atoms with Crippen molar-refractivity contribution in [3.05, 3.63) is 30.1 Å². The van der Waals surface area contributed by atoms with Gasteiger partial charge in [-0.15, -0.1) is 0 Å². The van der Waals surface area contributed by atoms with E-state index >= 15 is 0 Å². The number of aromatic nitrogens is 2. The molecule has 3 N–H and O–H groups in total. The normalized spacial score (nSPS) is 19.4. The fourth-order valence-corrected chi connectivity index (χ4v) is 2.16. The minimum Gasteiger partial charge on any atom is -0.479 e. The molecular weight excluding hydrogens is 260 g/mol. The summed E-state index contributed by atoms with van der Waals surface area (Å²) >= 11 is 0. The summed E-state index contributed by atoms with van der Waals surface area (Å²) in [5, 5.41) is 18.4. The Kier molecular flexibility index (Phi) is 4.39. The average Bonchev–Trinajstić information content (AvgIpc) is 2.83. The van der Waals surface area contributed by atoms with Gasteiger partial charge in [-0.3, -0.25) is 4.68 Å². The van der Waals surface area contributed by atoms with Crippen LogP contribution in [0.3, 0.4) is 0 Å². The van der Waals surface area contributed by atoms with Crippen LogP contribution in [0.5, 0.6) is 0 Å². The first kappa shape index (κ1) is 14.1. The van der Waals surface area contributed by atoms with Gasteiger partial charge in [0, 0.05) is 24.8 Å². The van der Waals surface area contributed by atoms with E-state index in [-0.39, 0.29) is 6.04 Å². The number of aliphatic carboxylic acids is 1. The minimum absolute atomic E-state index is 0.0587. The number of allylic oxidation sites excluding steroid dienone is 1. The van der Waals surface area contributed by atoms with E-state index in [2.05, 4.69) is 21.8 Å². The van der Waals surface area contributed by atoms with E-state index in [1.54, 1.807) is 13.2 Å². The van der Waals surface area contributed by atoms with Crippen LogP contribution in [0.2, 0.25) is 0 Å². The molecule has 2 amide bonds. The molecule has 1 aromatic rings. The SMILES string of the molecule is Cn1cc(C(NC(=O)NC2CC=CCC2)C(=O)O)cn1. The second-order valence-corrected chi connectivity index (χ2v) is 4.82. The van der Waals surface area contributed by atoms with Gasteiger partial charge in [0.15, 0.2) is 6.04 Å². The predicted molar refractivity (Wildman–Crippen MR) is 72.0 cm³/mol. The maximum Gasteiger partial charge on any atom is 0.331 e. The van der Waals surface area contributed by atoms with Crippen LogP contribution in [0.25, 0.3) is 0 Å².